The Labute approximate surface area is 714 Å². The molecule has 2 aliphatic rings. The van der Waals surface area contributed by atoms with Crippen LogP contribution in [0.2, 0.25) is 0 Å². The molecule has 0 spiro atoms. The molecule has 2 fully saturated rings. The number of carbonyl (C=O) groups excluding carboxylic acids is 2. The molecule has 9 heterocycles. The number of fused-ring (bicyclic) bond motifs is 4. The molecule has 8 aromatic heterocycles. The quantitative estimate of drug-likeness (QED) is 0.0766. The summed E-state index contributed by atoms with van der Waals surface area (Å²) >= 11 is 0. The van der Waals surface area contributed by atoms with E-state index in [0.29, 0.717) is 109 Å². The number of nitrogens with one attached hydrogen (secondary N) is 1. The third-order valence-corrected chi connectivity index (χ3v) is 21.2. The molecule has 0 radical (unpaired) electrons. The predicted octanol–water partition coefficient (Wildman–Crippen LogP) is 20.9. The van der Waals surface area contributed by atoms with Gasteiger partial charge >= 0.3 is 0 Å². The molecule has 2 amide bonds. The van der Waals surface area contributed by atoms with Gasteiger partial charge in [0.15, 0.2) is 44.8 Å². The van der Waals surface area contributed by atoms with Crippen molar-refractivity contribution in [3.05, 3.63) is 424 Å². The molecular formula is C99H70F12N8O8. The summed E-state index contributed by atoms with van der Waals surface area (Å²) in [4.78, 5) is 78.1. The summed E-state index contributed by atoms with van der Waals surface area (Å²) in [5.74, 6) is -9.41. The average Bonchev–Trinajstić information content (AvgIpc) is 1.74. The zero-order chi connectivity index (χ0) is 89.4. The Hall–Kier alpha value is -15.5. The van der Waals surface area contributed by atoms with Crippen molar-refractivity contribution < 1.29 is 71.7 Å². The van der Waals surface area contributed by atoms with Gasteiger partial charge in [-0.15, -0.1) is 10.2 Å². The van der Waals surface area contributed by atoms with Gasteiger partial charge in [0.05, 0.1) is 55.4 Å². The monoisotopic (exact) mass is 1730 g/mol. The summed E-state index contributed by atoms with van der Waals surface area (Å²) in [7, 11) is 0. The number of benzene rings is 8. The second-order valence-corrected chi connectivity index (χ2v) is 29.7. The van der Waals surface area contributed by atoms with Gasteiger partial charge in [0, 0.05) is 128 Å². The van der Waals surface area contributed by atoms with Crippen LogP contribution in [-0.4, -0.2) is 63.9 Å². The van der Waals surface area contributed by atoms with Gasteiger partial charge in [0.25, 0.3) is 11.8 Å². The van der Waals surface area contributed by atoms with Crippen LogP contribution in [0.4, 0.5) is 52.7 Å². The highest BCUT2D eigenvalue weighted by atomic mass is 19.2. The van der Waals surface area contributed by atoms with Gasteiger partial charge in [-0.1, -0.05) is 73.8 Å². The first-order chi connectivity index (χ1) is 61.2. The van der Waals surface area contributed by atoms with E-state index in [9.17, 15) is 81.5 Å². The minimum atomic E-state index is -0.862. The summed E-state index contributed by atoms with van der Waals surface area (Å²) in [5, 5.41) is 11.6. The van der Waals surface area contributed by atoms with Crippen LogP contribution in [0.5, 0.6) is 23.3 Å². The predicted molar refractivity (Wildman–Crippen MR) is 458 cm³/mol. The Morgan fingerprint density at radius 1 is 0.386 bits per heavy atom. The first kappa shape index (κ1) is 86.5. The molecule has 8 aromatic carbocycles. The SMILES string of the molecule is C=Cc1ccc(C(=O)N2CCCC2)cc1-c1c(=O)ccn2nc(Oc3ccc(F)cc3F)ccc12.C=Cc1ccc(C(=O)NC2CC2)cc1-c1c(=O)ccn2nc(Oc3ccc(F)cc3F)ccc12.O=c1ccn2cc(CCc3ccc(F)cc3F)ccc2c1-c1c(F)cccc1F.O=c1ccn2cc(CCc3ccc(F)cc3F)ccc2c1-c1c(F)cccc1F. The van der Waals surface area contributed by atoms with Crippen LogP contribution in [-0.2, 0) is 25.7 Å². The van der Waals surface area contributed by atoms with Crippen LogP contribution in [0.25, 0.3) is 78.7 Å². The van der Waals surface area contributed by atoms with Crippen LogP contribution in [0, 0.1) is 69.8 Å². The number of pyridine rings is 6. The van der Waals surface area contributed by atoms with Crippen molar-refractivity contribution in [2.24, 2.45) is 0 Å². The van der Waals surface area contributed by atoms with E-state index in [1.54, 1.807) is 106 Å². The summed E-state index contributed by atoms with van der Waals surface area (Å²) < 4.78 is 182. The Balaban J connectivity index is 0.000000131. The first-order valence-corrected chi connectivity index (χ1v) is 39.7. The van der Waals surface area contributed by atoms with E-state index in [1.165, 1.54) is 119 Å². The molecule has 1 saturated heterocycles. The highest BCUT2D eigenvalue weighted by Gasteiger charge is 2.27. The summed E-state index contributed by atoms with van der Waals surface area (Å²) in [6, 6.07) is 48.4. The van der Waals surface area contributed by atoms with E-state index >= 15 is 0 Å². The number of halogens is 12. The Kier molecular flexibility index (Phi) is 25.7. The second kappa shape index (κ2) is 37.7. The Bertz CT molecular complexity index is 7070. The third-order valence-electron chi connectivity index (χ3n) is 21.2. The lowest BCUT2D eigenvalue weighted by atomic mass is 9.96. The fourth-order valence-corrected chi connectivity index (χ4v) is 14.7. The second-order valence-electron chi connectivity index (χ2n) is 29.7. The zero-order valence-corrected chi connectivity index (χ0v) is 66.9. The minimum Gasteiger partial charge on any atom is -0.434 e. The maximum atomic E-state index is 14.2. The fourth-order valence-electron chi connectivity index (χ4n) is 14.7. The van der Waals surface area contributed by atoms with Crippen molar-refractivity contribution in [2.75, 3.05) is 13.1 Å². The molecule has 0 bridgehead atoms. The van der Waals surface area contributed by atoms with Gasteiger partial charge in [-0.25, -0.2) is 61.7 Å². The molecule has 16 aromatic rings. The van der Waals surface area contributed by atoms with Crippen LogP contribution < -0.4 is 36.5 Å². The molecule has 1 saturated carbocycles. The number of ether oxygens (including phenoxy) is 2. The van der Waals surface area contributed by atoms with Gasteiger partial charge in [0.2, 0.25) is 11.8 Å². The smallest absolute Gasteiger partial charge is 0.253 e. The number of amides is 2. The number of likely N-dealkylation sites (tertiary alicyclic amines) is 1. The Morgan fingerprint density at radius 3 is 1.18 bits per heavy atom. The lowest BCUT2D eigenvalue weighted by molar-refractivity contribution is 0.0792. The molecule has 1 aliphatic carbocycles. The van der Waals surface area contributed by atoms with Crippen molar-refractivity contribution in [1.82, 2.24) is 38.2 Å². The number of aryl methyl sites for hydroxylation is 4. The zero-order valence-electron chi connectivity index (χ0n) is 66.9. The third kappa shape index (κ3) is 19.5. The molecule has 127 heavy (non-hydrogen) atoms. The van der Waals surface area contributed by atoms with Crippen molar-refractivity contribution in [3.63, 3.8) is 0 Å². The number of carbonyl (C=O) groups is 2. The largest absolute Gasteiger partial charge is 0.434 e. The molecule has 0 atom stereocenters. The van der Waals surface area contributed by atoms with Crippen LogP contribution in [0.3, 0.4) is 0 Å². The maximum Gasteiger partial charge on any atom is 0.253 e. The lowest BCUT2D eigenvalue weighted by Gasteiger charge is -2.17. The van der Waals surface area contributed by atoms with Crippen LogP contribution in [0.1, 0.15) is 79.8 Å². The number of nitrogens with zero attached hydrogens (tertiary/aromatic N) is 7. The van der Waals surface area contributed by atoms with Crippen molar-refractivity contribution in [3.8, 4) is 67.8 Å². The van der Waals surface area contributed by atoms with E-state index in [2.05, 4.69) is 28.7 Å². The van der Waals surface area contributed by atoms with Gasteiger partial charge in [0.1, 0.15) is 58.2 Å². The normalized spacial score (nSPS) is 12.2. The standard InChI is InChI=1S/C27H21F2N3O3.C26H19F2N3O3.2C23H15F4NO/c1-2-17-5-6-18(27(34)31-12-3-4-13-31)15-20(17)26-22-8-10-25(30-32(22)14-11-23(26)33)35-24-9-7-19(28)16-21(24)29;1-2-15-3-4-16(26(33)29-18-6-7-18)13-19(15)25-21-8-10-24(30-31(21)12-11-22(25)32)34-23-9-5-17(27)14-20(23)28;2*24-16-8-7-15(19(27)12-16)6-4-14-5-9-20-23(21(29)10-11-28(20)13-14)22-17(25)2-1-3-18(22)26/h2,5-11,14-16H,1,3-4,12-13H2;2-5,8-14,18H,1,6-7H2,(H,29,33);2*1-3,5,7-13H,4,6H2. The highest BCUT2D eigenvalue weighted by molar-refractivity contribution is 5.99. The molecule has 18 rings (SSSR count). The van der Waals surface area contributed by atoms with Gasteiger partial charge in [-0.2, -0.15) is 0 Å². The molecule has 1 N–H and O–H groups in total. The molecule has 28 heteroatoms. The summed E-state index contributed by atoms with van der Waals surface area (Å²) in [6.07, 6.45) is 18.2. The number of aromatic nitrogens is 6. The van der Waals surface area contributed by atoms with Crippen molar-refractivity contribution in [2.45, 2.75) is 57.4 Å². The van der Waals surface area contributed by atoms with Crippen LogP contribution >= 0.6 is 0 Å². The number of hydrogen-bond donors (Lipinski definition) is 1. The molecule has 0 unspecified atom stereocenters. The average molecular weight is 1730 g/mol. The van der Waals surface area contributed by atoms with Crippen LogP contribution in [0.15, 0.2) is 288 Å². The minimum absolute atomic E-state index is 0.0501. The van der Waals surface area contributed by atoms with E-state index in [1.807, 2.05) is 4.90 Å². The molecular weight excluding hydrogens is 1660 g/mol. The molecule has 16 nitrogen and oxygen atoms in total. The highest BCUT2D eigenvalue weighted by Crippen LogP contribution is 2.36. The van der Waals surface area contributed by atoms with Gasteiger partial charge in [-0.05, 0) is 205 Å². The van der Waals surface area contributed by atoms with E-state index in [-0.39, 0.29) is 74.2 Å². The summed E-state index contributed by atoms with van der Waals surface area (Å²) in [6.45, 7) is 9.12. The Morgan fingerprint density at radius 2 is 0.772 bits per heavy atom. The van der Waals surface area contributed by atoms with E-state index in [0.717, 1.165) is 104 Å². The first-order valence-electron chi connectivity index (χ1n) is 39.7. The molecule has 638 valence electrons. The van der Waals surface area contributed by atoms with E-state index < -0.39 is 80.7 Å². The van der Waals surface area contributed by atoms with E-state index in [4.69, 9.17) is 9.47 Å². The number of hydrogen-bond acceptors (Lipinski definition) is 10. The van der Waals surface area contributed by atoms with Gasteiger partial charge < -0.3 is 28.5 Å². The fraction of sp³-hybridized carbons (Fsp3) is 0.111. The van der Waals surface area contributed by atoms with Crippen molar-refractivity contribution in [1.29, 1.82) is 0 Å². The number of rotatable bonds is 19. The lowest BCUT2D eigenvalue weighted by Crippen LogP contribution is -2.27. The summed E-state index contributed by atoms with van der Waals surface area (Å²) in [5.41, 5.74) is 5.85. The van der Waals surface area contributed by atoms with Gasteiger partial charge in [-0.3, -0.25) is 28.8 Å². The maximum absolute atomic E-state index is 14.2. The molecule has 1 aliphatic heterocycles. The van der Waals surface area contributed by atoms with Crippen molar-refractivity contribution >= 4 is 46.0 Å². The topological polar surface area (TPSA) is 180 Å².